The molecule has 3 heteroatoms. The highest BCUT2D eigenvalue weighted by atomic mass is 19.1. The van der Waals surface area contributed by atoms with Crippen molar-refractivity contribution < 1.29 is 14.3 Å². The maximum absolute atomic E-state index is 13.4. The number of hydrogen-bond acceptors (Lipinski definition) is 2. The molecule has 1 N–H and O–H groups in total. The quantitative estimate of drug-likeness (QED) is 0.803. The van der Waals surface area contributed by atoms with Gasteiger partial charge >= 0.3 is 0 Å². The van der Waals surface area contributed by atoms with Crippen LogP contribution < -0.4 is 0 Å². The van der Waals surface area contributed by atoms with Crippen molar-refractivity contribution in [3.63, 3.8) is 0 Å². The summed E-state index contributed by atoms with van der Waals surface area (Å²) in [5.41, 5.74) is 2.17. The predicted octanol–water partition coefficient (Wildman–Crippen LogP) is 3.32. The molecule has 86 valence electrons. The number of phenolic OH excluding ortho intramolecular Hbond substituents is 1. The third-order valence-electron chi connectivity index (χ3n) is 2.58. The van der Waals surface area contributed by atoms with E-state index in [1.54, 1.807) is 25.1 Å². The van der Waals surface area contributed by atoms with Crippen molar-refractivity contribution in [1.29, 1.82) is 0 Å². The molecule has 0 saturated heterocycles. The second-order valence-electron chi connectivity index (χ2n) is 3.90. The van der Waals surface area contributed by atoms with E-state index in [2.05, 4.69) is 0 Å². The van der Waals surface area contributed by atoms with Gasteiger partial charge in [0.2, 0.25) is 0 Å². The summed E-state index contributed by atoms with van der Waals surface area (Å²) in [6.45, 7) is 1.68. The number of halogens is 1. The number of aromatic hydroxyl groups is 1. The summed E-state index contributed by atoms with van der Waals surface area (Å²) in [6.07, 6.45) is 0.647. The normalized spacial score (nSPS) is 10.2. The maximum Gasteiger partial charge on any atom is 0.150 e. The van der Waals surface area contributed by atoms with Gasteiger partial charge in [0.05, 0.1) is 0 Å². The Kier molecular flexibility index (Phi) is 2.91. The zero-order valence-corrected chi connectivity index (χ0v) is 9.27. The lowest BCUT2D eigenvalue weighted by Crippen LogP contribution is -1.86. The number of carbonyl (C=O) groups is 1. The molecule has 0 saturated carbocycles. The summed E-state index contributed by atoms with van der Waals surface area (Å²) in [7, 11) is 0. The Morgan fingerprint density at radius 1 is 1.12 bits per heavy atom. The van der Waals surface area contributed by atoms with Gasteiger partial charge in [0.25, 0.3) is 0 Å². The summed E-state index contributed by atoms with van der Waals surface area (Å²) in [6, 6.07) is 9.27. The van der Waals surface area contributed by atoms with E-state index in [4.69, 9.17) is 0 Å². The molecule has 17 heavy (non-hydrogen) atoms. The van der Waals surface area contributed by atoms with E-state index in [0.717, 1.165) is 0 Å². The molecule has 0 unspecified atom stereocenters. The molecule has 0 fully saturated rings. The number of aldehydes is 1. The van der Waals surface area contributed by atoms with E-state index in [1.807, 2.05) is 0 Å². The van der Waals surface area contributed by atoms with Gasteiger partial charge in [0.1, 0.15) is 17.9 Å². The van der Waals surface area contributed by atoms with Crippen molar-refractivity contribution in [3.8, 4) is 16.9 Å². The van der Waals surface area contributed by atoms with Crippen LogP contribution in [0.2, 0.25) is 0 Å². The van der Waals surface area contributed by atoms with Crippen LogP contribution in [-0.4, -0.2) is 11.4 Å². The van der Waals surface area contributed by atoms with Gasteiger partial charge in [0, 0.05) is 5.56 Å². The molecular formula is C14H11FO2. The van der Waals surface area contributed by atoms with Crippen LogP contribution in [0, 0.1) is 12.7 Å². The minimum Gasteiger partial charge on any atom is -0.508 e. The van der Waals surface area contributed by atoms with Crippen molar-refractivity contribution >= 4 is 6.29 Å². The topological polar surface area (TPSA) is 37.3 Å². The van der Waals surface area contributed by atoms with Crippen LogP contribution in [0.25, 0.3) is 11.1 Å². The van der Waals surface area contributed by atoms with Crippen LogP contribution in [0.4, 0.5) is 4.39 Å². The number of aryl methyl sites for hydroxylation is 1. The Hall–Kier alpha value is -2.16. The molecule has 0 bridgehead atoms. The van der Waals surface area contributed by atoms with Crippen LogP contribution in [0.1, 0.15) is 15.9 Å². The number of hydrogen-bond donors (Lipinski definition) is 1. The average Bonchev–Trinajstić information content (AvgIpc) is 2.32. The lowest BCUT2D eigenvalue weighted by molar-refractivity contribution is 0.112. The lowest BCUT2D eigenvalue weighted by atomic mass is 10.0. The van der Waals surface area contributed by atoms with Crippen molar-refractivity contribution in [2.75, 3.05) is 0 Å². The Morgan fingerprint density at radius 3 is 2.53 bits per heavy atom. The molecule has 0 aliphatic rings. The van der Waals surface area contributed by atoms with Crippen molar-refractivity contribution in [2.45, 2.75) is 6.92 Å². The molecule has 0 heterocycles. The standard InChI is InChI=1S/C14H11FO2/c1-9-2-3-11(7-14(9)15)12-4-10(8-16)5-13(17)6-12/h2-8,17H,1H3. The van der Waals surface area contributed by atoms with Crippen LogP contribution >= 0.6 is 0 Å². The average molecular weight is 230 g/mol. The first-order valence-electron chi connectivity index (χ1n) is 5.16. The van der Waals surface area contributed by atoms with Crippen molar-refractivity contribution in [3.05, 3.63) is 53.3 Å². The first kappa shape index (κ1) is 11.3. The maximum atomic E-state index is 13.4. The molecule has 2 aromatic carbocycles. The van der Waals surface area contributed by atoms with E-state index in [9.17, 15) is 14.3 Å². The molecule has 0 atom stereocenters. The fourth-order valence-corrected chi connectivity index (χ4v) is 1.64. The van der Waals surface area contributed by atoms with Crippen LogP contribution in [0.3, 0.4) is 0 Å². The SMILES string of the molecule is Cc1ccc(-c2cc(O)cc(C=O)c2)cc1F. The highest BCUT2D eigenvalue weighted by Gasteiger charge is 2.05. The monoisotopic (exact) mass is 230 g/mol. The highest BCUT2D eigenvalue weighted by molar-refractivity contribution is 5.80. The van der Waals surface area contributed by atoms with Gasteiger partial charge in [-0.25, -0.2) is 4.39 Å². The Labute approximate surface area is 98.3 Å². The van der Waals surface area contributed by atoms with Gasteiger partial charge in [-0.2, -0.15) is 0 Å². The van der Waals surface area contributed by atoms with Gasteiger partial charge in [0.15, 0.2) is 0 Å². The second kappa shape index (κ2) is 4.37. The van der Waals surface area contributed by atoms with Gasteiger partial charge in [-0.05, 0) is 47.9 Å². The van der Waals surface area contributed by atoms with E-state index in [0.29, 0.717) is 28.5 Å². The van der Waals surface area contributed by atoms with Gasteiger partial charge < -0.3 is 5.11 Å². The number of rotatable bonds is 2. The van der Waals surface area contributed by atoms with Crippen molar-refractivity contribution in [1.82, 2.24) is 0 Å². The molecule has 0 radical (unpaired) electrons. The first-order valence-corrected chi connectivity index (χ1v) is 5.16. The Morgan fingerprint density at radius 2 is 1.88 bits per heavy atom. The van der Waals surface area contributed by atoms with E-state index >= 15 is 0 Å². The smallest absolute Gasteiger partial charge is 0.150 e. The van der Waals surface area contributed by atoms with Crippen LogP contribution in [0.5, 0.6) is 5.75 Å². The molecule has 0 spiro atoms. The molecule has 0 aliphatic carbocycles. The summed E-state index contributed by atoms with van der Waals surface area (Å²) in [5, 5.41) is 9.46. The van der Waals surface area contributed by atoms with Gasteiger partial charge in [-0.1, -0.05) is 12.1 Å². The second-order valence-corrected chi connectivity index (χ2v) is 3.90. The summed E-state index contributed by atoms with van der Waals surface area (Å²) in [4.78, 5) is 10.7. The van der Waals surface area contributed by atoms with E-state index in [1.165, 1.54) is 18.2 Å². The molecule has 2 rings (SSSR count). The minimum atomic E-state index is -0.307. The van der Waals surface area contributed by atoms with Gasteiger partial charge in [-0.15, -0.1) is 0 Å². The van der Waals surface area contributed by atoms with Gasteiger partial charge in [-0.3, -0.25) is 4.79 Å². The molecule has 0 aliphatic heterocycles. The first-order chi connectivity index (χ1) is 8.10. The third-order valence-corrected chi connectivity index (χ3v) is 2.58. The largest absolute Gasteiger partial charge is 0.508 e. The minimum absolute atomic E-state index is 0.00872. The number of carbonyl (C=O) groups excluding carboxylic acids is 1. The summed E-state index contributed by atoms with van der Waals surface area (Å²) in [5.74, 6) is -0.316. The summed E-state index contributed by atoms with van der Waals surface area (Å²) >= 11 is 0. The fourth-order valence-electron chi connectivity index (χ4n) is 1.64. The number of benzene rings is 2. The molecular weight excluding hydrogens is 219 g/mol. The Balaban J connectivity index is 2.55. The Bertz CT molecular complexity index is 576. The van der Waals surface area contributed by atoms with Crippen LogP contribution in [0.15, 0.2) is 36.4 Å². The van der Waals surface area contributed by atoms with E-state index < -0.39 is 0 Å². The third kappa shape index (κ3) is 2.33. The van der Waals surface area contributed by atoms with E-state index in [-0.39, 0.29) is 11.6 Å². The molecule has 2 aromatic rings. The molecule has 0 aromatic heterocycles. The highest BCUT2D eigenvalue weighted by Crippen LogP contribution is 2.26. The predicted molar refractivity (Wildman–Crippen MR) is 63.6 cm³/mol. The number of phenols is 1. The summed E-state index contributed by atoms with van der Waals surface area (Å²) < 4.78 is 13.4. The lowest BCUT2D eigenvalue weighted by Gasteiger charge is -2.05. The van der Waals surface area contributed by atoms with Crippen LogP contribution in [-0.2, 0) is 0 Å². The molecule has 2 nitrogen and oxygen atoms in total. The molecule has 0 amide bonds. The van der Waals surface area contributed by atoms with Crippen molar-refractivity contribution in [2.24, 2.45) is 0 Å². The fraction of sp³-hybridized carbons (Fsp3) is 0.0714. The zero-order chi connectivity index (χ0) is 12.4. The zero-order valence-electron chi connectivity index (χ0n) is 9.27.